The smallest absolute Gasteiger partial charge is 0.371 e. The summed E-state index contributed by atoms with van der Waals surface area (Å²) in [5, 5.41) is 8.93. The van der Waals surface area contributed by atoms with Gasteiger partial charge in [0.05, 0.1) is 0 Å². The lowest BCUT2D eigenvalue weighted by Crippen LogP contribution is -2.46. The van der Waals surface area contributed by atoms with Gasteiger partial charge in [0, 0.05) is 18.7 Å². The van der Waals surface area contributed by atoms with E-state index in [1.807, 2.05) is 0 Å². The van der Waals surface area contributed by atoms with Crippen LogP contribution in [-0.2, 0) is 10.0 Å². The number of carboxylic acid groups (broad SMARTS) is 1. The minimum Gasteiger partial charge on any atom is -0.475 e. The molecular weight excluding hydrogens is 362 g/mol. The van der Waals surface area contributed by atoms with E-state index in [0.717, 1.165) is 38.2 Å². The second-order valence-electron chi connectivity index (χ2n) is 5.57. The van der Waals surface area contributed by atoms with Crippen molar-refractivity contribution in [1.29, 1.82) is 0 Å². The highest BCUT2D eigenvalue weighted by molar-refractivity contribution is 9.10. The summed E-state index contributed by atoms with van der Waals surface area (Å²) in [5.74, 6) is -1.23. The monoisotopic (exact) mass is 377 g/mol. The lowest BCUT2D eigenvalue weighted by molar-refractivity contribution is 0.0661. The van der Waals surface area contributed by atoms with Gasteiger partial charge < -0.3 is 9.52 Å². The number of furan rings is 1. The molecule has 1 aromatic rings. The van der Waals surface area contributed by atoms with Gasteiger partial charge in [0.25, 0.3) is 0 Å². The summed E-state index contributed by atoms with van der Waals surface area (Å²) < 4.78 is 32.1. The molecule has 6 nitrogen and oxygen atoms in total. The third kappa shape index (κ3) is 2.53. The molecule has 1 aliphatic heterocycles. The van der Waals surface area contributed by atoms with Crippen molar-refractivity contribution in [3.05, 3.63) is 16.5 Å². The first-order chi connectivity index (χ1) is 9.91. The van der Waals surface area contributed by atoms with Crippen LogP contribution in [0.25, 0.3) is 0 Å². The van der Waals surface area contributed by atoms with Crippen LogP contribution in [0.3, 0.4) is 0 Å². The molecule has 0 aromatic carbocycles. The molecule has 1 aromatic heterocycles. The zero-order valence-electron chi connectivity index (χ0n) is 11.3. The van der Waals surface area contributed by atoms with E-state index in [-0.39, 0.29) is 21.4 Å². The first-order valence-corrected chi connectivity index (χ1v) is 9.19. The van der Waals surface area contributed by atoms with Crippen LogP contribution in [0.1, 0.15) is 42.7 Å². The Balaban J connectivity index is 1.98. The summed E-state index contributed by atoms with van der Waals surface area (Å²) in [5.41, 5.74) is 0. The van der Waals surface area contributed by atoms with E-state index in [9.17, 15) is 13.2 Å². The quantitative estimate of drug-likeness (QED) is 0.874. The van der Waals surface area contributed by atoms with E-state index < -0.39 is 16.0 Å². The number of carbonyl (C=O) groups is 1. The third-order valence-electron chi connectivity index (χ3n) is 4.40. The summed E-state index contributed by atoms with van der Waals surface area (Å²) in [6.07, 6.45) is 4.92. The lowest BCUT2D eigenvalue weighted by atomic mass is 9.94. The molecule has 0 bridgehead atoms. The number of piperidine rings is 1. The molecule has 8 heteroatoms. The minimum atomic E-state index is -3.73. The Hall–Kier alpha value is -0.860. The van der Waals surface area contributed by atoms with Gasteiger partial charge in [0.2, 0.25) is 15.8 Å². The van der Waals surface area contributed by atoms with E-state index in [1.54, 1.807) is 0 Å². The largest absolute Gasteiger partial charge is 0.475 e. The first kappa shape index (κ1) is 15.1. The number of rotatable bonds is 3. The average Bonchev–Trinajstić information content (AvgIpc) is 3.04. The number of aromatic carboxylic acids is 1. The molecule has 0 amide bonds. The fourth-order valence-electron chi connectivity index (χ4n) is 3.47. The normalized spacial score (nSPS) is 26.7. The molecule has 1 saturated carbocycles. The molecular formula is C13H16BrNO5S. The highest BCUT2D eigenvalue weighted by Crippen LogP contribution is 2.40. The molecule has 2 fully saturated rings. The van der Waals surface area contributed by atoms with Crippen LogP contribution in [0.4, 0.5) is 0 Å². The number of nitrogens with zero attached hydrogens (tertiary/aromatic N) is 1. The maximum Gasteiger partial charge on any atom is 0.371 e. The Morgan fingerprint density at radius 2 is 2.05 bits per heavy atom. The highest BCUT2D eigenvalue weighted by atomic mass is 79.9. The molecule has 2 aliphatic rings. The molecule has 1 saturated heterocycles. The Morgan fingerprint density at radius 1 is 1.33 bits per heavy atom. The van der Waals surface area contributed by atoms with Gasteiger partial charge >= 0.3 is 5.97 Å². The standard InChI is InChI=1S/C13H16BrNO5S/c14-12-11(7-10(20-12)13(16)17)21(18,19)15-6-2-4-8-3-1-5-9(8)15/h7-9H,1-6H2,(H,16,17)/t8-,9+/m0/s1. The van der Waals surface area contributed by atoms with Crippen molar-refractivity contribution < 1.29 is 22.7 Å². The topological polar surface area (TPSA) is 87.8 Å². The van der Waals surface area contributed by atoms with Crippen LogP contribution in [0, 0.1) is 5.92 Å². The van der Waals surface area contributed by atoms with E-state index >= 15 is 0 Å². The van der Waals surface area contributed by atoms with Crippen LogP contribution >= 0.6 is 15.9 Å². The SMILES string of the molecule is O=C(O)c1cc(S(=O)(=O)N2CCC[C@@H]3CCC[C@H]32)c(Br)o1. The van der Waals surface area contributed by atoms with Crippen molar-refractivity contribution >= 4 is 31.9 Å². The molecule has 1 N–H and O–H groups in total. The second kappa shape index (κ2) is 5.40. The molecule has 21 heavy (non-hydrogen) atoms. The van der Waals surface area contributed by atoms with E-state index in [0.29, 0.717) is 12.5 Å². The van der Waals surface area contributed by atoms with Crippen molar-refractivity contribution in [3.8, 4) is 0 Å². The number of hydrogen-bond acceptors (Lipinski definition) is 4. The van der Waals surface area contributed by atoms with Crippen LogP contribution in [0.2, 0.25) is 0 Å². The molecule has 0 unspecified atom stereocenters. The fourth-order valence-corrected chi connectivity index (χ4v) is 6.13. The van der Waals surface area contributed by atoms with Gasteiger partial charge in [-0.15, -0.1) is 0 Å². The van der Waals surface area contributed by atoms with Crippen molar-refractivity contribution in [2.24, 2.45) is 5.92 Å². The van der Waals surface area contributed by atoms with Crippen molar-refractivity contribution in [2.45, 2.75) is 43.0 Å². The van der Waals surface area contributed by atoms with E-state index in [4.69, 9.17) is 9.52 Å². The minimum absolute atomic E-state index is 0.0406. The van der Waals surface area contributed by atoms with Crippen molar-refractivity contribution in [1.82, 2.24) is 4.31 Å². The fraction of sp³-hybridized carbons (Fsp3) is 0.615. The van der Waals surface area contributed by atoms with E-state index in [1.165, 1.54) is 4.31 Å². The highest BCUT2D eigenvalue weighted by Gasteiger charge is 2.42. The summed E-state index contributed by atoms with van der Waals surface area (Å²) in [6, 6.07) is 1.12. The number of sulfonamides is 1. The number of halogens is 1. The first-order valence-electron chi connectivity index (χ1n) is 6.95. The van der Waals surface area contributed by atoms with Gasteiger partial charge in [-0.25, -0.2) is 13.2 Å². The van der Waals surface area contributed by atoms with Crippen LogP contribution in [-0.4, -0.2) is 36.4 Å². The van der Waals surface area contributed by atoms with Crippen LogP contribution in [0.5, 0.6) is 0 Å². The second-order valence-corrected chi connectivity index (χ2v) is 8.15. The Morgan fingerprint density at radius 3 is 2.71 bits per heavy atom. The van der Waals surface area contributed by atoms with Crippen molar-refractivity contribution in [3.63, 3.8) is 0 Å². The Bertz CT molecular complexity index is 668. The predicted octanol–water partition coefficient (Wildman–Crippen LogP) is 2.69. The Labute approximate surface area is 131 Å². The summed E-state index contributed by atoms with van der Waals surface area (Å²) in [4.78, 5) is 10.8. The van der Waals surface area contributed by atoms with Gasteiger partial charge in [-0.1, -0.05) is 6.42 Å². The number of fused-ring (bicyclic) bond motifs is 1. The van der Waals surface area contributed by atoms with Crippen LogP contribution < -0.4 is 0 Å². The molecule has 3 rings (SSSR count). The molecule has 2 heterocycles. The molecule has 0 radical (unpaired) electrons. The number of hydrogen-bond donors (Lipinski definition) is 1. The lowest BCUT2D eigenvalue weighted by Gasteiger charge is -2.36. The van der Waals surface area contributed by atoms with Gasteiger partial charge in [0.15, 0.2) is 4.67 Å². The maximum atomic E-state index is 12.8. The van der Waals surface area contributed by atoms with Gasteiger partial charge in [-0.3, -0.25) is 0 Å². The summed E-state index contributed by atoms with van der Waals surface area (Å²) in [6.45, 7) is 0.490. The van der Waals surface area contributed by atoms with Crippen molar-refractivity contribution in [2.75, 3.05) is 6.54 Å². The predicted molar refractivity (Wildman–Crippen MR) is 77.6 cm³/mol. The number of carboxylic acids is 1. The molecule has 2 atom stereocenters. The van der Waals surface area contributed by atoms with Crippen LogP contribution in [0.15, 0.2) is 20.0 Å². The van der Waals surface area contributed by atoms with E-state index in [2.05, 4.69) is 15.9 Å². The van der Waals surface area contributed by atoms with Gasteiger partial charge in [-0.05, 0) is 47.5 Å². The zero-order valence-corrected chi connectivity index (χ0v) is 13.7. The van der Waals surface area contributed by atoms with Gasteiger partial charge in [-0.2, -0.15) is 4.31 Å². The molecule has 116 valence electrons. The summed E-state index contributed by atoms with van der Waals surface area (Å²) >= 11 is 3.02. The van der Waals surface area contributed by atoms with Gasteiger partial charge in [0.1, 0.15) is 4.90 Å². The molecule has 1 aliphatic carbocycles. The zero-order chi connectivity index (χ0) is 15.2. The third-order valence-corrected chi connectivity index (χ3v) is 7.18. The Kier molecular flexibility index (Phi) is 3.87. The molecule has 0 spiro atoms. The summed E-state index contributed by atoms with van der Waals surface area (Å²) in [7, 11) is -3.73. The average molecular weight is 378 g/mol. The maximum absolute atomic E-state index is 12.8.